The summed E-state index contributed by atoms with van der Waals surface area (Å²) in [5.41, 5.74) is 0. The first-order chi connectivity index (χ1) is 11.6. The van der Waals surface area contributed by atoms with Crippen LogP contribution in [0.3, 0.4) is 0 Å². The van der Waals surface area contributed by atoms with E-state index in [1.807, 2.05) is 16.8 Å². The van der Waals surface area contributed by atoms with Gasteiger partial charge < -0.3 is 15.1 Å². The van der Waals surface area contributed by atoms with Crippen LogP contribution >= 0.6 is 0 Å². The molecule has 134 valence electrons. The van der Waals surface area contributed by atoms with Gasteiger partial charge in [0.2, 0.25) is 17.7 Å². The molecule has 3 rings (SSSR count). The lowest BCUT2D eigenvalue weighted by Gasteiger charge is -2.41. The van der Waals surface area contributed by atoms with Crippen molar-refractivity contribution >= 4 is 17.7 Å². The molecule has 1 atom stereocenters. The lowest BCUT2D eigenvalue weighted by Crippen LogP contribution is -2.58. The summed E-state index contributed by atoms with van der Waals surface area (Å²) < 4.78 is 0. The Morgan fingerprint density at radius 2 is 1.88 bits per heavy atom. The number of nitrogens with one attached hydrogen (secondary N) is 1. The van der Waals surface area contributed by atoms with Gasteiger partial charge in [0, 0.05) is 32.2 Å². The molecule has 0 aromatic carbocycles. The summed E-state index contributed by atoms with van der Waals surface area (Å²) in [4.78, 5) is 42.5. The maximum absolute atomic E-state index is 12.5. The molecule has 24 heavy (non-hydrogen) atoms. The standard InChI is InChI=1S/C17H28N4O3/c1-19-8-7-18-17(24)14(19)11-15(22)20-9-10-21(16(23)12-20)13-5-3-2-4-6-13/h13-14H,2-12H2,1H3,(H,18,24)/t14-/m0/s1. The number of amides is 3. The molecule has 0 bridgehead atoms. The number of carbonyl (C=O) groups excluding carboxylic acids is 3. The van der Waals surface area contributed by atoms with Crippen molar-refractivity contribution in [3.63, 3.8) is 0 Å². The Morgan fingerprint density at radius 1 is 1.12 bits per heavy atom. The van der Waals surface area contributed by atoms with Gasteiger partial charge in [0.05, 0.1) is 19.0 Å². The molecule has 3 aliphatic rings. The van der Waals surface area contributed by atoms with Gasteiger partial charge in [0.15, 0.2) is 0 Å². The van der Waals surface area contributed by atoms with Crippen LogP contribution in [0.4, 0.5) is 0 Å². The lowest BCUT2D eigenvalue weighted by molar-refractivity contribution is -0.149. The van der Waals surface area contributed by atoms with Crippen molar-refractivity contribution in [2.75, 3.05) is 39.8 Å². The van der Waals surface area contributed by atoms with Gasteiger partial charge in [0.25, 0.3) is 0 Å². The molecule has 2 saturated heterocycles. The van der Waals surface area contributed by atoms with Gasteiger partial charge in [0.1, 0.15) is 0 Å². The second-order valence-corrected chi connectivity index (χ2v) is 7.19. The minimum absolute atomic E-state index is 0.0583. The van der Waals surface area contributed by atoms with E-state index < -0.39 is 6.04 Å². The molecule has 2 aliphatic heterocycles. The minimum Gasteiger partial charge on any atom is -0.353 e. The van der Waals surface area contributed by atoms with E-state index in [1.165, 1.54) is 19.3 Å². The summed E-state index contributed by atoms with van der Waals surface area (Å²) in [5, 5.41) is 2.80. The summed E-state index contributed by atoms with van der Waals surface area (Å²) in [5.74, 6) is -0.132. The van der Waals surface area contributed by atoms with Crippen molar-refractivity contribution in [2.45, 2.75) is 50.6 Å². The van der Waals surface area contributed by atoms with Crippen LogP contribution in [-0.2, 0) is 14.4 Å². The Bertz CT molecular complexity index is 504. The van der Waals surface area contributed by atoms with Gasteiger partial charge in [-0.3, -0.25) is 19.3 Å². The highest BCUT2D eigenvalue weighted by atomic mass is 16.2. The molecule has 3 fully saturated rings. The van der Waals surface area contributed by atoms with Crippen LogP contribution in [0, 0.1) is 0 Å². The molecule has 1 saturated carbocycles. The third-order valence-corrected chi connectivity index (χ3v) is 5.59. The summed E-state index contributed by atoms with van der Waals surface area (Å²) in [7, 11) is 1.86. The molecule has 0 aromatic heterocycles. The average molecular weight is 336 g/mol. The van der Waals surface area contributed by atoms with E-state index in [1.54, 1.807) is 4.90 Å². The highest BCUT2D eigenvalue weighted by Gasteiger charge is 2.35. The first-order valence-electron chi connectivity index (χ1n) is 9.11. The summed E-state index contributed by atoms with van der Waals surface area (Å²) >= 11 is 0. The zero-order valence-corrected chi connectivity index (χ0v) is 14.5. The van der Waals surface area contributed by atoms with E-state index in [0.29, 0.717) is 25.7 Å². The second kappa shape index (κ2) is 7.51. The van der Waals surface area contributed by atoms with Gasteiger partial charge in [-0.15, -0.1) is 0 Å². The lowest BCUT2D eigenvalue weighted by atomic mass is 9.93. The number of hydrogen-bond donors (Lipinski definition) is 1. The summed E-state index contributed by atoms with van der Waals surface area (Å²) in [6.45, 7) is 2.74. The third-order valence-electron chi connectivity index (χ3n) is 5.59. The van der Waals surface area contributed by atoms with Crippen molar-refractivity contribution in [2.24, 2.45) is 0 Å². The van der Waals surface area contributed by atoms with E-state index in [2.05, 4.69) is 5.32 Å². The van der Waals surface area contributed by atoms with Crippen LogP contribution < -0.4 is 5.32 Å². The Balaban J connectivity index is 1.54. The predicted molar refractivity (Wildman–Crippen MR) is 89.2 cm³/mol. The molecule has 7 heteroatoms. The zero-order valence-electron chi connectivity index (χ0n) is 14.5. The van der Waals surface area contributed by atoms with Crippen molar-refractivity contribution in [1.82, 2.24) is 20.0 Å². The number of likely N-dealkylation sites (N-methyl/N-ethyl adjacent to an activating group) is 1. The normalized spacial score (nSPS) is 27.3. The summed E-state index contributed by atoms with van der Waals surface area (Å²) in [6, 6.07) is -0.0588. The highest BCUT2D eigenvalue weighted by Crippen LogP contribution is 2.24. The second-order valence-electron chi connectivity index (χ2n) is 7.19. The molecule has 7 nitrogen and oxygen atoms in total. The van der Waals surface area contributed by atoms with Crippen LogP contribution in [-0.4, -0.2) is 84.3 Å². The molecular formula is C17H28N4O3. The SMILES string of the molecule is CN1CCNC(=O)[C@@H]1CC(=O)N1CCN(C2CCCCC2)C(=O)C1. The molecule has 0 aromatic rings. The van der Waals surface area contributed by atoms with Gasteiger partial charge in [-0.05, 0) is 19.9 Å². The Hall–Kier alpha value is -1.63. The number of piperazine rings is 2. The Labute approximate surface area is 143 Å². The van der Waals surface area contributed by atoms with Gasteiger partial charge >= 0.3 is 0 Å². The van der Waals surface area contributed by atoms with Crippen LogP contribution in [0.5, 0.6) is 0 Å². The van der Waals surface area contributed by atoms with Gasteiger partial charge in [-0.2, -0.15) is 0 Å². The minimum atomic E-state index is -0.419. The zero-order chi connectivity index (χ0) is 17.1. The quantitative estimate of drug-likeness (QED) is 0.775. The molecule has 0 spiro atoms. The fourth-order valence-electron chi connectivity index (χ4n) is 4.05. The molecule has 0 radical (unpaired) electrons. The van der Waals surface area contributed by atoms with E-state index >= 15 is 0 Å². The monoisotopic (exact) mass is 336 g/mol. The van der Waals surface area contributed by atoms with Crippen LogP contribution in [0.1, 0.15) is 38.5 Å². The van der Waals surface area contributed by atoms with E-state index in [-0.39, 0.29) is 30.7 Å². The average Bonchev–Trinajstić information content (AvgIpc) is 2.59. The summed E-state index contributed by atoms with van der Waals surface area (Å²) in [6.07, 6.45) is 5.99. The maximum Gasteiger partial charge on any atom is 0.242 e. The maximum atomic E-state index is 12.5. The van der Waals surface area contributed by atoms with Crippen molar-refractivity contribution < 1.29 is 14.4 Å². The van der Waals surface area contributed by atoms with E-state index in [9.17, 15) is 14.4 Å². The van der Waals surface area contributed by atoms with E-state index in [0.717, 1.165) is 19.4 Å². The molecule has 0 unspecified atom stereocenters. The van der Waals surface area contributed by atoms with Crippen LogP contribution in [0.2, 0.25) is 0 Å². The number of hydrogen-bond acceptors (Lipinski definition) is 4. The van der Waals surface area contributed by atoms with Crippen LogP contribution in [0.25, 0.3) is 0 Å². The smallest absolute Gasteiger partial charge is 0.242 e. The Kier molecular flexibility index (Phi) is 5.38. The molecule has 2 heterocycles. The number of rotatable bonds is 3. The Morgan fingerprint density at radius 3 is 2.54 bits per heavy atom. The predicted octanol–water partition coefficient (Wildman–Crippen LogP) is -0.190. The van der Waals surface area contributed by atoms with E-state index in [4.69, 9.17) is 0 Å². The number of carbonyl (C=O) groups is 3. The molecule has 1 aliphatic carbocycles. The first-order valence-corrected chi connectivity index (χ1v) is 9.11. The topological polar surface area (TPSA) is 73.0 Å². The third kappa shape index (κ3) is 3.71. The molecular weight excluding hydrogens is 308 g/mol. The fourth-order valence-corrected chi connectivity index (χ4v) is 4.05. The first kappa shape index (κ1) is 17.2. The largest absolute Gasteiger partial charge is 0.353 e. The number of nitrogens with zero attached hydrogens (tertiary/aromatic N) is 3. The molecule has 1 N–H and O–H groups in total. The van der Waals surface area contributed by atoms with Gasteiger partial charge in [-0.25, -0.2) is 0 Å². The van der Waals surface area contributed by atoms with Crippen LogP contribution in [0.15, 0.2) is 0 Å². The van der Waals surface area contributed by atoms with Crippen molar-refractivity contribution in [3.8, 4) is 0 Å². The van der Waals surface area contributed by atoms with Crippen molar-refractivity contribution in [1.29, 1.82) is 0 Å². The highest BCUT2D eigenvalue weighted by molar-refractivity contribution is 5.91. The van der Waals surface area contributed by atoms with Crippen molar-refractivity contribution in [3.05, 3.63) is 0 Å². The molecule has 3 amide bonds. The fraction of sp³-hybridized carbons (Fsp3) is 0.824. The van der Waals surface area contributed by atoms with Gasteiger partial charge in [-0.1, -0.05) is 19.3 Å².